The van der Waals surface area contributed by atoms with Crippen LogP contribution in [0.3, 0.4) is 0 Å². The molecule has 0 aliphatic rings. The van der Waals surface area contributed by atoms with Gasteiger partial charge in [0.05, 0.1) is 0 Å². The molecule has 0 bridgehead atoms. The molecule has 0 atom stereocenters. The minimum absolute atomic E-state index is 0.780. The molecule has 1 N–H and O–H groups in total. The van der Waals surface area contributed by atoms with Gasteiger partial charge in [-0.3, -0.25) is 0 Å². The first-order valence-electron chi connectivity index (χ1n) is 5.73. The summed E-state index contributed by atoms with van der Waals surface area (Å²) < 4.78 is 0. The van der Waals surface area contributed by atoms with Crippen LogP contribution in [0.25, 0.3) is 0 Å². The Kier molecular flexibility index (Phi) is 5.66. The van der Waals surface area contributed by atoms with Crippen LogP contribution in [0.1, 0.15) is 0 Å². The molecule has 0 unspecified atom stereocenters. The lowest BCUT2D eigenvalue weighted by Gasteiger charge is -2.21. The van der Waals surface area contributed by atoms with E-state index in [1.165, 1.54) is 5.69 Å². The Bertz CT molecular complexity index is 355. The highest BCUT2D eigenvalue weighted by atomic mass is 15.1. The van der Waals surface area contributed by atoms with E-state index in [0.29, 0.717) is 0 Å². The Hall–Kier alpha value is -1.96. The van der Waals surface area contributed by atoms with Gasteiger partial charge < -0.3 is 10.2 Å². The maximum Gasteiger partial charge on any atom is 0.0373 e. The Morgan fingerprint density at radius 2 is 1.53 bits per heavy atom. The van der Waals surface area contributed by atoms with Gasteiger partial charge >= 0.3 is 0 Å². The van der Waals surface area contributed by atoms with E-state index in [1.54, 1.807) is 0 Å². The fourth-order valence-electron chi connectivity index (χ4n) is 1.58. The van der Waals surface area contributed by atoms with Gasteiger partial charge in [-0.15, -0.1) is 19.7 Å². The fourth-order valence-corrected chi connectivity index (χ4v) is 1.58. The van der Waals surface area contributed by atoms with Crippen molar-refractivity contribution in [3.8, 4) is 0 Å². The van der Waals surface area contributed by atoms with E-state index in [2.05, 4.69) is 54.2 Å². The zero-order valence-electron chi connectivity index (χ0n) is 10.2. The van der Waals surface area contributed by atoms with Crippen molar-refractivity contribution in [3.63, 3.8) is 0 Å². The SMILES string of the molecule is C=CCNc1ccc(N(CC=C)CC=C)cc1. The van der Waals surface area contributed by atoms with Crippen molar-refractivity contribution < 1.29 is 0 Å². The van der Waals surface area contributed by atoms with E-state index in [9.17, 15) is 0 Å². The highest BCUT2D eigenvalue weighted by molar-refractivity contribution is 5.55. The molecule has 2 heteroatoms. The molecule has 1 aromatic carbocycles. The summed E-state index contributed by atoms with van der Waals surface area (Å²) in [5.41, 5.74) is 2.28. The lowest BCUT2D eigenvalue weighted by Crippen LogP contribution is -2.22. The summed E-state index contributed by atoms with van der Waals surface area (Å²) in [5, 5.41) is 3.25. The highest BCUT2D eigenvalue weighted by Gasteiger charge is 2.02. The largest absolute Gasteiger partial charge is 0.382 e. The Labute approximate surface area is 104 Å². The monoisotopic (exact) mass is 228 g/mol. The van der Waals surface area contributed by atoms with Crippen LogP contribution in [-0.4, -0.2) is 19.6 Å². The van der Waals surface area contributed by atoms with Crippen molar-refractivity contribution in [2.24, 2.45) is 0 Å². The average molecular weight is 228 g/mol. The van der Waals surface area contributed by atoms with Crippen molar-refractivity contribution in [1.29, 1.82) is 0 Å². The molecule has 0 amide bonds. The third-order valence-corrected chi connectivity index (χ3v) is 2.38. The van der Waals surface area contributed by atoms with Gasteiger partial charge in [-0.05, 0) is 24.3 Å². The second-order valence-corrected chi connectivity index (χ2v) is 3.70. The molecule has 2 nitrogen and oxygen atoms in total. The number of hydrogen-bond acceptors (Lipinski definition) is 2. The van der Waals surface area contributed by atoms with E-state index >= 15 is 0 Å². The van der Waals surface area contributed by atoms with E-state index < -0.39 is 0 Å². The summed E-state index contributed by atoms with van der Waals surface area (Å²) in [5.74, 6) is 0. The Morgan fingerprint density at radius 1 is 0.941 bits per heavy atom. The average Bonchev–Trinajstić information content (AvgIpc) is 2.37. The van der Waals surface area contributed by atoms with Gasteiger partial charge in [0.25, 0.3) is 0 Å². The van der Waals surface area contributed by atoms with Crippen LogP contribution in [0.15, 0.2) is 62.2 Å². The van der Waals surface area contributed by atoms with Gasteiger partial charge in [-0.25, -0.2) is 0 Å². The summed E-state index contributed by atoms with van der Waals surface area (Å²) in [4.78, 5) is 2.21. The summed E-state index contributed by atoms with van der Waals surface area (Å²) in [6.45, 7) is 13.6. The molecule has 0 radical (unpaired) electrons. The van der Waals surface area contributed by atoms with Gasteiger partial charge in [-0.1, -0.05) is 18.2 Å². The minimum Gasteiger partial charge on any atom is -0.382 e. The number of nitrogens with one attached hydrogen (secondary N) is 1. The third kappa shape index (κ3) is 4.19. The van der Waals surface area contributed by atoms with Gasteiger partial charge in [0.1, 0.15) is 0 Å². The molecule has 17 heavy (non-hydrogen) atoms. The first-order chi connectivity index (χ1) is 8.31. The van der Waals surface area contributed by atoms with Crippen LogP contribution < -0.4 is 10.2 Å². The number of anilines is 2. The molecule has 0 aliphatic carbocycles. The van der Waals surface area contributed by atoms with Crippen LogP contribution >= 0.6 is 0 Å². The molecule has 1 aromatic rings. The van der Waals surface area contributed by atoms with Crippen molar-refractivity contribution >= 4 is 11.4 Å². The van der Waals surface area contributed by atoms with Crippen LogP contribution in [0, 0.1) is 0 Å². The molecular weight excluding hydrogens is 208 g/mol. The van der Waals surface area contributed by atoms with E-state index in [4.69, 9.17) is 0 Å². The molecule has 0 saturated heterocycles. The maximum atomic E-state index is 3.77. The smallest absolute Gasteiger partial charge is 0.0373 e. The molecule has 0 aliphatic heterocycles. The van der Waals surface area contributed by atoms with Crippen molar-refractivity contribution in [3.05, 3.63) is 62.2 Å². The molecule has 0 fully saturated rings. The fraction of sp³-hybridized carbons (Fsp3) is 0.200. The summed E-state index contributed by atoms with van der Waals surface area (Å²) in [6.07, 6.45) is 5.64. The van der Waals surface area contributed by atoms with Crippen LogP contribution in [-0.2, 0) is 0 Å². The van der Waals surface area contributed by atoms with Gasteiger partial charge in [-0.2, -0.15) is 0 Å². The Morgan fingerprint density at radius 3 is 2.00 bits per heavy atom. The number of nitrogens with zero attached hydrogens (tertiary/aromatic N) is 1. The molecule has 0 spiro atoms. The van der Waals surface area contributed by atoms with E-state index in [1.807, 2.05) is 18.2 Å². The molecular formula is C15H20N2. The first-order valence-corrected chi connectivity index (χ1v) is 5.73. The minimum atomic E-state index is 0.780. The molecule has 1 rings (SSSR count). The standard InChI is InChI=1S/C15H20N2/c1-4-11-16-14-7-9-15(10-8-14)17(12-5-2)13-6-3/h4-10,16H,1-3,11-13H2. The first kappa shape index (κ1) is 13.1. The van der Waals surface area contributed by atoms with Crippen LogP contribution in [0.2, 0.25) is 0 Å². The molecule has 0 saturated carbocycles. The quantitative estimate of drug-likeness (QED) is 0.685. The molecule has 0 aromatic heterocycles. The highest BCUT2D eigenvalue weighted by Crippen LogP contribution is 2.17. The maximum absolute atomic E-state index is 3.77. The van der Waals surface area contributed by atoms with Gasteiger partial charge in [0, 0.05) is 31.0 Å². The van der Waals surface area contributed by atoms with Gasteiger partial charge in [0.2, 0.25) is 0 Å². The summed E-state index contributed by atoms with van der Waals surface area (Å²) in [7, 11) is 0. The van der Waals surface area contributed by atoms with Crippen LogP contribution in [0.4, 0.5) is 11.4 Å². The Balaban J connectivity index is 2.72. The zero-order chi connectivity index (χ0) is 12.5. The topological polar surface area (TPSA) is 15.3 Å². The lowest BCUT2D eigenvalue weighted by molar-refractivity contribution is 0.957. The third-order valence-electron chi connectivity index (χ3n) is 2.38. The van der Waals surface area contributed by atoms with E-state index in [-0.39, 0.29) is 0 Å². The number of rotatable bonds is 8. The second kappa shape index (κ2) is 7.34. The summed E-state index contributed by atoms with van der Waals surface area (Å²) in [6, 6.07) is 8.33. The van der Waals surface area contributed by atoms with Crippen LogP contribution in [0.5, 0.6) is 0 Å². The van der Waals surface area contributed by atoms with Crippen molar-refractivity contribution in [1.82, 2.24) is 0 Å². The lowest BCUT2D eigenvalue weighted by atomic mass is 10.2. The molecule has 0 heterocycles. The van der Waals surface area contributed by atoms with Crippen molar-refractivity contribution in [2.75, 3.05) is 29.9 Å². The summed E-state index contributed by atoms with van der Waals surface area (Å²) >= 11 is 0. The van der Waals surface area contributed by atoms with Gasteiger partial charge in [0.15, 0.2) is 0 Å². The normalized spacial score (nSPS) is 9.41. The van der Waals surface area contributed by atoms with Crippen molar-refractivity contribution in [2.45, 2.75) is 0 Å². The molecule has 90 valence electrons. The number of benzene rings is 1. The predicted octanol–water partition coefficient (Wildman–Crippen LogP) is 3.46. The predicted molar refractivity (Wildman–Crippen MR) is 77.7 cm³/mol. The second-order valence-electron chi connectivity index (χ2n) is 3.70. The number of hydrogen-bond donors (Lipinski definition) is 1. The zero-order valence-corrected chi connectivity index (χ0v) is 10.2. The van der Waals surface area contributed by atoms with E-state index in [0.717, 1.165) is 25.3 Å².